The SMILES string of the molecule is NS(=O)(=O)c1ccc(CCNC(=O)C(=O)NC[C@@H]2COC3(CCCCC3)O2)cc1. The highest BCUT2D eigenvalue weighted by Gasteiger charge is 2.42. The Hall–Kier alpha value is -2.01. The molecule has 2 amide bonds. The number of carbonyl (C=O) groups is 2. The van der Waals surface area contributed by atoms with Crippen LogP contribution >= 0.6 is 0 Å². The molecule has 0 radical (unpaired) electrons. The minimum atomic E-state index is -3.73. The van der Waals surface area contributed by atoms with E-state index in [0.717, 1.165) is 31.2 Å². The molecular formula is C19H27N3O6S. The number of ether oxygens (including phenoxy) is 2. The summed E-state index contributed by atoms with van der Waals surface area (Å²) in [5.74, 6) is -1.95. The van der Waals surface area contributed by atoms with E-state index in [2.05, 4.69) is 10.6 Å². The molecule has 1 heterocycles. The molecule has 1 aliphatic heterocycles. The molecule has 4 N–H and O–H groups in total. The summed E-state index contributed by atoms with van der Waals surface area (Å²) < 4.78 is 34.2. The van der Waals surface area contributed by atoms with Crippen molar-refractivity contribution in [1.82, 2.24) is 10.6 Å². The lowest BCUT2D eigenvalue weighted by molar-refractivity contribution is -0.186. The lowest BCUT2D eigenvalue weighted by atomic mass is 9.94. The second kappa shape index (κ2) is 9.21. The minimum absolute atomic E-state index is 0.0257. The monoisotopic (exact) mass is 425 g/mol. The van der Waals surface area contributed by atoms with E-state index in [9.17, 15) is 18.0 Å². The van der Waals surface area contributed by atoms with Crippen molar-refractivity contribution in [3.05, 3.63) is 29.8 Å². The van der Waals surface area contributed by atoms with E-state index < -0.39 is 27.6 Å². The van der Waals surface area contributed by atoms with Gasteiger partial charge in [-0.3, -0.25) is 9.59 Å². The Morgan fingerprint density at radius 3 is 2.38 bits per heavy atom. The second-order valence-corrected chi connectivity index (χ2v) is 8.99. The van der Waals surface area contributed by atoms with Crippen LogP contribution in [0.3, 0.4) is 0 Å². The van der Waals surface area contributed by atoms with Gasteiger partial charge in [0.25, 0.3) is 0 Å². The summed E-state index contributed by atoms with van der Waals surface area (Å²) in [5, 5.41) is 10.2. The molecule has 2 fully saturated rings. The van der Waals surface area contributed by atoms with Gasteiger partial charge in [-0.1, -0.05) is 18.6 Å². The van der Waals surface area contributed by atoms with Crippen molar-refractivity contribution in [2.45, 2.75) is 55.3 Å². The third-order valence-corrected chi connectivity index (χ3v) is 6.11. The number of nitrogens with one attached hydrogen (secondary N) is 2. The molecule has 2 aliphatic rings. The van der Waals surface area contributed by atoms with E-state index in [1.807, 2.05) is 0 Å². The summed E-state index contributed by atoms with van der Waals surface area (Å²) in [4.78, 5) is 23.9. The van der Waals surface area contributed by atoms with Crippen LogP contribution in [-0.2, 0) is 35.5 Å². The van der Waals surface area contributed by atoms with Gasteiger partial charge in [0, 0.05) is 25.9 Å². The summed E-state index contributed by atoms with van der Waals surface area (Å²) in [6.07, 6.45) is 5.28. The second-order valence-electron chi connectivity index (χ2n) is 7.43. The van der Waals surface area contributed by atoms with Gasteiger partial charge in [0.1, 0.15) is 6.10 Å². The first-order valence-corrected chi connectivity index (χ1v) is 11.3. The van der Waals surface area contributed by atoms with Gasteiger partial charge < -0.3 is 20.1 Å². The molecule has 1 aromatic carbocycles. The quantitative estimate of drug-likeness (QED) is 0.556. The van der Waals surface area contributed by atoms with E-state index in [-0.39, 0.29) is 24.1 Å². The Morgan fingerprint density at radius 1 is 1.07 bits per heavy atom. The van der Waals surface area contributed by atoms with Crippen LogP contribution in [0.2, 0.25) is 0 Å². The maximum Gasteiger partial charge on any atom is 0.309 e. The number of sulfonamides is 1. The molecule has 1 saturated carbocycles. The van der Waals surface area contributed by atoms with Crippen LogP contribution in [0.25, 0.3) is 0 Å². The zero-order valence-electron chi connectivity index (χ0n) is 16.2. The van der Waals surface area contributed by atoms with Gasteiger partial charge in [0.05, 0.1) is 11.5 Å². The van der Waals surface area contributed by atoms with E-state index in [1.54, 1.807) is 12.1 Å². The van der Waals surface area contributed by atoms with E-state index in [4.69, 9.17) is 14.6 Å². The van der Waals surface area contributed by atoms with Crippen molar-refractivity contribution in [2.24, 2.45) is 5.14 Å². The van der Waals surface area contributed by atoms with Crippen molar-refractivity contribution in [2.75, 3.05) is 19.7 Å². The third kappa shape index (κ3) is 5.99. The van der Waals surface area contributed by atoms with Crippen molar-refractivity contribution < 1.29 is 27.5 Å². The van der Waals surface area contributed by atoms with Crippen LogP contribution in [-0.4, -0.2) is 51.8 Å². The maximum atomic E-state index is 12.0. The number of nitrogens with two attached hydrogens (primary N) is 1. The molecule has 10 heteroatoms. The standard InChI is InChI=1S/C19H27N3O6S/c20-29(25,26)16-6-4-14(5-7-16)8-11-21-17(23)18(24)22-12-15-13-27-19(28-15)9-2-1-3-10-19/h4-7,15H,1-3,8-13H2,(H,21,23)(H,22,24)(H2,20,25,26)/t15-/m1/s1. The van der Waals surface area contributed by atoms with Gasteiger partial charge >= 0.3 is 11.8 Å². The fourth-order valence-electron chi connectivity index (χ4n) is 3.60. The molecule has 1 aliphatic carbocycles. The molecule has 3 rings (SSSR count). The molecule has 0 unspecified atom stereocenters. The fourth-order valence-corrected chi connectivity index (χ4v) is 4.12. The van der Waals surface area contributed by atoms with Crippen LogP contribution in [0.4, 0.5) is 0 Å². The molecule has 1 saturated heterocycles. The van der Waals surface area contributed by atoms with E-state index in [1.165, 1.54) is 18.6 Å². The Kier molecular flexibility index (Phi) is 6.89. The first kappa shape index (κ1) is 21.7. The van der Waals surface area contributed by atoms with E-state index in [0.29, 0.717) is 13.0 Å². The summed E-state index contributed by atoms with van der Waals surface area (Å²) in [7, 11) is -3.73. The number of rotatable bonds is 6. The highest BCUT2D eigenvalue weighted by atomic mass is 32.2. The fraction of sp³-hybridized carbons (Fsp3) is 0.579. The normalized spacial score (nSPS) is 21.1. The predicted molar refractivity (Wildman–Crippen MR) is 104 cm³/mol. The van der Waals surface area contributed by atoms with Gasteiger partial charge in [-0.15, -0.1) is 0 Å². The topological polar surface area (TPSA) is 137 Å². The van der Waals surface area contributed by atoms with Gasteiger partial charge in [-0.05, 0) is 37.0 Å². The predicted octanol–water partition coefficient (Wildman–Crippen LogP) is 0.185. The maximum absolute atomic E-state index is 12.0. The Labute approximate surface area is 170 Å². The first-order chi connectivity index (χ1) is 13.8. The number of amides is 2. The molecule has 1 spiro atoms. The summed E-state index contributed by atoms with van der Waals surface area (Å²) in [5.41, 5.74) is 0.812. The Bertz CT molecular complexity index is 834. The molecular weight excluding hydrogens is 398 g/mol. The minimum Gasteiger partial charge on any atom is -0.348 e. The third-order valence-electron chi connectivity index (χ3n) is 5.18. The molecule has 0 bridgehead atoms. The lowest BCUT2D eigenvalue weighted by Crippen LogP contribution is -2.44. The number of primary sulfonamides is 1. The largest absolute Gasteiger partial charge is 0.348 e. The van der Waals surface area contributed by atoms with Crippen molar-refractivity contribution in [3.63, 3.8) is 0 Å². The van der Waals surface area contributed by atoms with Gasteiger partial charge in [0.15, 0.2) is 5.79 Å². The molecule has 29 heavy (non-hydrogen) atoms. The number of hydrogen-bond acceptors (Lipinski definition) is 6. The van der Waals surface area contributed by atoms with Crippen LogP contribution < -0.4 is 15.8 Å². The number of benzene rings is 1. The van der Waals surface area contributed by atoms with Gasteiger partial charge in [-0.2, -0.15) is 0 Å². The smallest absolute Gasteiger partial charge is 0.309 e. The van der Waals surface area contributed by atoms with Crippen LogP contribution in [0.1, 0.15) is 37.7 Å². The lowest BCUT2D eigenvalue weighted by Gasteiger charge is -2.31. The van der Waals surface area contributed by atoms with Gasteiger partial charge in [-0.25, -0.2) is 13.6 Å². The zero-order valence-corrected chi connectivity index (χ0v) is 17.0. The summed E-state index contributed by atoms with van der Waals surface area (Å²) >= 11 is 0. The summed E-state index contributed by atoms with van der Waals surface area (Å²) in [6.45, 7) is 0.882. The van der Waals surface area contributed by atoms with Gasteiger partial charge in [0.2, 0.25) is 10.0 Å². The van der Waals surface area contributed by atoms with Crippen LogP contribution in [0.5, 0.6) is 0 Å². The average molecular weight is 426 g/mol. The Balaban J connectivity index is 1.36. The van der Waals surface area contributed by atoms with E-state index >= 15 is 0 Å². The molecule has 1 atom stereocenters. The first-order valence-electron chi connectivity index (χ1n) is 9.77. The zero-order chi connectivity index (χ0) is 20.9. The number of carbonyl (C=O) groups excluding carboxylic acids is 2. The molecule has 9 nitrogen and oxygen atoms in total. The number of hydrogen-bond donors (Lipinski definition) is 3. The molecule has 1 aromatic rings. The average Bonchev–Trinajstić information content (AvgIpc) is 3.08. The van der Waals surface area contributed by atoms with Crippen LogP contribution in [0.15, 0.2) is 29.2 Å². The molecule has 160 valence electrons. The summed E-state index contributed by atoms with van der Waals surface area (Å²) in [6, 6.07) is 6.04. The Morgan fingerprint density at radius 2 is 1.72 bits per heavy atom. The highest BCUT2D eigenvalue weighted by molar-refractivity contribution is 7.89. The molecule has 0 aromatic heterocycles. The van der Waals surface area contributed by atoms with Crippen LogP contribution in [0, 0.1) is 0 Å². The van der Waals surface area contributed by atoms with Crippen molar-refractivity contribution in [1.29, 1.82) is 0 Å². The highest BCUT2D eigenvalue weighted by Crippen LogP contribution is 2.37. The van der Waals surface area contributed by atoms with Crippen molar-refractivity contribution >= 4 is 21.8 Å². The van der Waals surface area contributed by atoms with Crippen molar-refractivity contribution in [3.8, 4) is 0 Å².